The number of allylic oxidation sites excluding steroid dienone is 1. The predicted octanol–water partition coefficient (Wildman–Crippen LogP) is 5.75. The zero-order valence-electron chi connectivity index (χ0n) is 17.9. The van der Waals surface area contributed by atoms with E-state index in [2.05, 4.69) is 37.9 Å². The van der Waals surface area contributed by atoms with E-state index in [1.54, 1.807) is 13.2 Å². The summed E-state index contributed by atoms with van der Waals surface area (Å²) < 4.78 is 30.2. The van der Waals surface area contributed by atoms with Gasteiger partial charge in [-0.15, -0.1) is 0 Å². The minimum Gasteiger partial charge on any atom is -0.493 e. The molecule has 0 aliphatic carbocycles. The molecular weight excluding hydrogens is 568 g/mol. The van der Waals surface area contributed by atoms with Crippen molar-refractivity contribution in [3.63, 3.8) is 0 Å². The van der Waals surface area contributed by atoms with Gasteiger partial charge in [0.25, 0.3) is 0 Å². The minimum atomic E-state index is -0.507. The minimum absolute atomic E-state index is 0.0419. The summed E-state index contributed by atoms with van der Waals surface area (Å²) in [7, 11) is 1.57. The van der Waals surface area contributed by atoms with Gasteiger partial charge >= 0.3 is 0 Å². The Hall–Kier alpha value is -3.35. The van der Waals surface area contributed by atoms with E-state index >= 15 is 0 Å². The highest BCUT2D eigenvalue weighted by atomic mass is 79.9. The van der Waals surface area contributed by atoms with Crippen LogP contribution in [0.25, 0.3) is 0 Å². The van der Waals surface area contributed by atoms with Crippen molar-refractivity contribution in [1.82, 2.24) is 0 Å². The van der Waals surface area contributed by atoms with Crippen LogP contribution in [-0.4, -0.2) is 13.9 Å². The molecule has 2 aliphatic heterocycles. The van der Waals surface area contributed by atoms with Gasteiger partial charge in [0.05, 0.1) is 13.0 Å². The number of nitrogens with two attached hydrogens (primary N) is 1. The smallest absolute Gasteiger partial charge is 0.231 e. The van der Waals surface area contributed by atoms with Gasteiger partial charge in [0.15, 0.2) is 23.0 Å². The van der Waals surface area contributed by atoms with E-state index in [4.69, 9.17) is 29.4 Å². The van der Waals surface area contributed by atoms with Crippen molar-refractivity contribution in [3.05, 3.63) is 85.6 Å². The Kier molecular flexibility index (Phi) is 6.02. The second-order valence-electron chi connectivity index (χ2n) is 7.61. The Bertz CT molecular complexity index is 1350. The normalized spacial score (nSPS) is 15.9. The number of benzene rings is 3. The molecule has 0 spiro atoms. The molecule has 2 aliphatic rings. The molecule has 5 rings (SSSR count). The van der Waals surface area contributed by atoms with Crippen molar-refractivity contribution in [2.24, 2.45) is 5.73 Å². The van der Waals surface area contributed by atoms with Crippen molar-refractivity contribution >= 4 is 31.9 Å². The van der Waals surface area contributed by atoms with Crippen LogP contribution in [-0.2, 0) is 6.61 Å². The Labute approximate surface area is 212 Å². The van der Waals surface area contributed by atoms with Gasteiger partial charge in [-0.3, -0.25) is 0 Å². The van der Waals surface area contributed by atoms with Crippen LogP contribution in [0.4, 0.5) is 0 Å². The Balaban J connectivity index is 1.55. The van der Waals surface area contributed by atoms with Crippen LogP contribution < -0.4 is 29.4 Å². The lowest BCUT2D eigenvalue weighted by Crippen LogP contribution is -2.21. The molecule has 0 bridgehead atoms. The monoisotopic (exact) mass is 584 g/mol. The zero-order valence-corrected chi connectivity index (χ0v) is 21.1. The number of hydrogen-bond acceptors (Lipinski definition) is 7. The highest BCUT2D eigenvalue weighted by Crippen LogP contribution is 2.50. The molecule has 0 saturated heterocycles. The van der Waals surface area contributed by atoms with E-state index < -0.39 is 5.92 Å². The molecule has 0 saturated carbocycles. The van der Waals surface area contributed by atoms with Crippen LogP contribution in [0.15, 0.2) is 68.9 Å². The number of rotatable bonds is 5. The Morgan fingerprint density at radius 3 is 2.44 bits per heavy atom. The summed E-state index contributed by atoms with van der Waals surface area (Å²) in [5, 5.41) is 9.92. The van der Waals surface area contributed by atoms with E-state index in [9.17, 15) is 5.26 Å². The number of hydrogen-bond donors (Lipinski definition) is 1. The van der Waals surface area contributed by atoms with Gasteiger partial charge in [-0.05, 0) is 41.5 Å². The summed E-state index contributed by atoms with van der Waals surface area (Å²) in [4.78, 5) is 0. The van der Waals surface area contributed by atoms with Crippen LogP contribution in [0.1, 0.15) is 22.6 Å². The van der Waals surface area contributed by atoms with Gasteiger partial charge < -0.3 is 29.4 Å². The third kappa shape index (κ3) is 4.04. The second kappa shape index (κ2) is 9.12. The van der Waals surface area contributed by atoms with Crippen molar-refractivity contribution in [2.45, 2.75) is 12.5 Å². The molecule has 0 unspecified atom stereocenters. The fourth-order valence-electron chi connectivity index (χ4n) is 3.95. The molecule has 0 aromatic heterocycles. The SMILES string of the molecule is COc1cc([C@@H]2C(C#N)=C(N)Oc3cc4c(cc32)OCO4)c(Br)cc1OCc1ccc(Br)cc1. The lowest BCUT2D eigenvalue weighted by molar-refractivity contribution is 0.174. The third-order valence-corrected chi connectivity index (χ3v) is 6.83. The van der Waals surface area contributed by atoms with E-state index in [-0.39, 0.29) is 18.2 Å². The van der Waals surface area contributed by atoms with Gasteiger partial charge in [-0.25, -0.2) is 0 Å². The number of methoxy groups -OCH3 is 1. The summed E-state index contributed by atoms with van der Waals surface area (Å²) >= 11 is 7.10. The molecule has 34 heavy (non-hydrogen) atoms. The van der Waals surface area contributed by atoms with Crippen molar-refractivity contribution in [1.29, 1.82) is 5.26 Å². The number of ether oxygens (including phenoxy) is 5. The molecule has 3 aromatic rings. The summed E-state index contributed by atoms with van der Waals surface area (Å²) in [6.07, 6.45) is 0. The number of nitrogens with zero attached hydrogens (tertiary/aromatic N) is 1. The molecule has 9 heteroatoms. The molecule has 0 amide bonds. The molecule has 0 radical (unpaired) electrons. The van der Waals surface area contributed by atoms with Crippen LogP contribution >= 0.6 is 31.9 Å². The van der Waals surface area contributed by atoms with Gasteiger partial charge in [-0.1, -0.05) is 44.0 Å². The molecular formula is C25H18Br2N2O5. The van der Waals surface area contributed by atoms with Crippen molar-refractivity contribution in [2.75, 3.05) is 13.9 Å². The number of fused-ring (bicyclic) bond motifs is 2. The van der Waals surface area contributed by atoms with Gasteiger partial charge in [0.2, 0.25) is 12.7 Å². The maximum atomic E-state index is 9.92. The average Bonchev–Trinajstić information content (AvgIpc) is 3.29. The first-order valence-corrected chi connectivity index (χ1v) is 11.8. The molecule has 2 N–H and O–H groups in total. The van der Waals surface area contributed by atoms with Crippen LogP contribution in [0.2, 0.25) is 0 Å². The summed E-state index contributed by atoms with van der Waals surface area (Å²) in [5.74, 6) is 2.29. The first-order valence-electron chi connectivity index (χ1n) is 10.2. The fourth-order valence-corrected chi connectivity index (χ4v) is 4.77. The second-order valence-corrected chi connectivity index (χ2v) is 9.38. The highest BCUT2D eigenvalue weighted by molar-refractivity contribution is 9.10. The molecule has 1 atom stereocenters. The molecule has 0 fully saturated rings. The highest BCUT2D eigenvalue weighted by Gasteiger charge is 2.35. The molecule has 3 aromatic carbocycles. The maximum Gasteiger partial charge on any atom is 0.231 e. The maximum absolute atomic E-state index is 9.92. The molecule has 2 heterocycles. The average molecular weight is 586 g/mol. The Morgan fingerprint density at radius 1 is 1.00 bits per heavy atom. The zero-order chi connectivity index (χ0) is 23.8. The fraction of sp³-hybridized carbons (Fsp3) is 0.160. The summed E-state index contributed by atoms with van der Waals surface area (Å²) in [5.41, 5.74) is 8.96. The summed E-state index contributed by atoms with van der Waals surface area (Å²) in [6, 6.07) is 17.3. The first kappa shape index (κ1) is 22.4. The van der Waals surface area contributed by atoms with Gasteiger partial charge in [0, 0.05) is 20.6 Å². The largest absolute Gasteiger partial charge is 0.493 e. The van der Waals surface area contributed by atoms with Crippen molar-refractivity contribution < 1.29 is 23.7 Å². The van der Waals surface area contributed by atoms with Gasteiger partial charge in [0.1, 0.15) is 24.0 Å². The van der Waals surface area contributed by atoms with E-state index in [0.29, 0.717) is 35.4 Å². The van der Waals surface area contributed by atoms with Gasteiger partial charge in [-0.2, -0.15) is 5.26 Å². The quantitative estimate of drug-likeness (QED) is 0.407. The molecule has 7 nitrogen and oxygen atoms in total. The lowest BCUT2D eigenvalue weighted by atomic mass is 9.83. The predicted molar refractivity (Wildman–Crippen MR) is 131 cm³/mol. The third-order valence-electron chi connectivity index (χ3n) is 5.61. The van der Waals surface area contributed by atoms with E-state index in [1.807, 2.05) is 42.5 Å². The number of halogens is 2. The number of nitriles is 1. The van der Waals surface area contributed by atoms with E-state index in [0.717, 1.165) is 25.6 Å². The summed E-state index contributed by atoms with van der Waals surface area (Å²) in [6.45, 7) is 0.494. The van der Waals surface area contributed by atoms with Crippen molar-refractivity contribution in [3.8, 4) is 34.8 Å². The topological polar surface area (TPSA) is 96.0 Å². The van der Waals surface area contributed by atoms with Crippen LogP contribution in [0.3, 0.4) is 0 Å². The lowest BCUT2D eigenvalue weighted by Gasteiger charge is -2.28. The molecule has 172 valence electrons. The first-order chi connectivity index (χ1) is 16.5. The van der Waals surface area contributed by atoms with Crippen LogP contribution in [0.5, 0.6) is 28.7 Å². The van der Waals surface area contributed by atoms with E-state index in [1.165, 1.54) is 0 Å². The standard InChI is InChI=1S/C25H18Br2N2O5/c1-30-20-6-15(18(27)8-22(20)31-11-13-2-4-14(26)5-3-13)24-16-7-21-23(33-12-32-21)9-19(16)34-25(29)17(24)10-28/h2-9,24H,11-12,29H2,1H3/t24-/m0/s1. The van der Waals surface area contributed by atoms with Crippen LogP contribution in [0, 0.1) is 11.3 Å². The Morgan fingerprint density at radius 2 is 1.74 bits per heavy atom.